The van der Waals surface area contributed by atoms with Crippen molar-refractivity contribution in [3.8, 4) is 5.75 Å². The first-order chi connectivity index (χ1) is 13.0. The monoisotopic (exact) mass is 390 g/mol. The maximum atomic E-state index is 13.3. The third-order valence-corrected chi connectivity index (χ3v) is 5.27. The lowest BCUT2D eigenvalue weighted by atomic mass is 9.91. The average Bonchev–Trinajstić information content (AvgIpc) is 2.67. The van der Waals surface area contributed by atoms with Crippen molar-refractivity contribution < 1.29 is 13.9 Å². The topological polar surface area (TPSA) is 55.6 Å². The van der Waals surface area contributed by atoms with E-state index in [9.17, 15) is 9.18 Å². The molecule has 0 radical (unpaired) electrons. The van der Waals surface area contributed by atoms with Gasteiger partial charge in [0.2, 0.25) is 6.10 Å². The number of rotatable bonds is 5. The number of carbonyl (C=O) groups excluding carboxylic acids is 1. The van der Waals surface area contributed by atoms with Crippen LogP contribution in [0, 0.1) is 11.7 Å². The lowest BCUT2D eigenvalue weighted by molar-refractivity contribution is -0.141. The van der Waals surface area contributed by atoms with E-state index in [4.69, 9.17) is 22.1 Å². The highest BCUT2D eigenvalue weighted by Crippen LogP contribution is 2.32. The van der Waals surface area contributed by atoms with Gasteiger partial charge in [0.1, 0.15) is 11.6 Å². The molecular formula is C21H24ClFN2O2. The second-order valence-corrected chi connectivity index (χ2v) is 7.44. The van der Waals surface area contributed by atoms with E-state index in [1.807, 2.05) is 42.2 Å². The number of halogens is 2. The van der Waals surface area contributed by atoms with E-state index in [0.29, 0.717) is 13.1 Å². The smallest absolute Gasteiger partial charge is 0.268 e. The Labute approximate surface area is 164 Å². The van der Waals surface area contributed by atoms with Crippen LogP contribution < -0.4 is 10.5 Å². The Morgan fingerprint density at radius 3 is 2.70 bits per heavy atom. The van der Waals surface area contributed by atoms with Gasteiger partial charge in [-0.25, -0.2) is 4.39 Å². The van der Waals surface area contributed by atoms with Crippen LogP contribution in [0.2, 0.25) is 5.02 Å². The molecule has 4 nitrogen and oxygen atoms in total. The molecule has 1 aliphatic rings. The van der Waals surface area contributed by atoms with E-state index < -0.39 is 11.9 Å². The van der Waals surface area contributed by atoms with E-state index in [1.165, 1.54) is 18.2 Å². The molecule has 0 saturated carbocycles. The van der Waals surface area contributed by atoms with Gasteiger partial charge in [-0.1, -0.05) is 41.9 Å². The molecular weight excluding hydrogens is 367 g/mol. The van der Waals surface area contributed by atoms with Crippen LogP contribution in [-0.2, 0) is 4.79 Å². The van der Waals surface area contributed by atoms with Gasteiger partial charge >= 0.3 is 0 Å². The zero-order valence-corrected chi connectivity index (χ0v) is 16.0. The van der Waals surface area contributed by atoms with E-state index in [0.717, 1.165) is 18.4 Å². The van der Waals surface area contributed by atoms with Gasteiger partial charge in [-0.15, -0.1) is 0 Å². The molecule has 1 fully saturated rings. The molecule has 2 aromatic rings. The van der Waals surface area contributed by atoms with Crippen molar-refractivity contribution in [1.82, 2.24) is 4.90 Å². The fourth-order valence-corrected chi connectivity index (χ4v) is 3.60. The van der Waals surface area contributed by atoms with Crippen molar-refractivity contribution in [2.24, 2.45) is 11.7 Å². The molecule has 27 heavy (non-hydrogen) atoms. The van der Waals surface area contributed by atoms with Crippen LogP contribution >= 0.6 is 11.6 Å². The number of carbonyl (C=O) groups is 1. The summed E-state index contributed by atoms with van der Waals surface area (Å²) in [5.41, 5.74) is 6.78. The lowest BCUT2D eigenvalue weighted by Gasteiger charge is -2.36. The van der Waals surface area contributed by atoms with Crippen molar-refractivity contribution in [2.75, 3.05) is 13.1 Å². The molecule has 6 heteroatoms. The number of ether oxygens (including phenoxy) is 1. The molecule has 0 bridgehead atoms. The van der Waals surface area contributed by atoms with Crippen LogP contribution in [-0.4, -0.2) is 29.9 Å². The minimum Gasteiger partial charge on any atom is -0.474 e. The summed E-state index contributed by atoms with van der Waals surface area (Å²) in [5, 5.41) is 0.135. The van der Waals surface area contributed by atoms with Crippen LogP contribution in [0.5, 0.6) is 5.75 Å². The van der Waals surface area contributed by atoms with Crippen molar-refractivity contribution in [2.45, 2.75) is 31.9 Å². The third-order valence-electron chi connectivity index (χ3n) is 4.98. The predicted octanol–water partition coefficient (Wildman–Crippen LogP) is 4.19. The fourth-order valence-electron chi connectivity index (χ4n) is 3.39. The molecule has 3 rings (SSSR count). The number of likely N-dealkylation sites (tertiary alicyclic amines) is 1. The van der Waals surface area contributed by atoms with E-state index >= 15 is 0 Å². The maximum Gasteiger partial charge on any atom is 0.268 e. The molecule has 0 aromatic heterocycles. The summed E-state index contributed by atoms with van der Waals surface area (Å²) >= 11 is 6.11. The zero-order valence-electron chi connectivity index (χ0n) is 15.3. The Bertz CT molecular complexity index is 785. The minimum atomic E-state index is -0.846. The highest BCUT2D eigenvalue weighted by atomic mass is 35.5. The van der Waals surface area contributed by atoms with E-state index in [1.54, 1.807) is 0 Å². The first-order valence-electron chi connectivity index (χ1n) is 9.16. The molecule has 3 unspecified atom stereocenters. The van der Waals surface area contributed by atoms with Crippen molar-refractivity contribution >= 4 is 17.5 Å². The summed E-state index contributed by atoms with van der Waals surface area (Å²) < 4.78 is 19.3. The van der Waals surface area contributed by atoms with Crippen molar-refractivity contribution in [3.63, 3.8) is 0 Å². The molecule has 2 aromatic carbocycles. The Morgan fingerprint density at radius 2 is 2.04 bits per heavy atom. The fraction of sp³-hybridized carbons (Fsp3) is 0.381. The number of piperidine rings is 1. The summed E-state index contributed by atoms with van der Waals surface area (Å²) in [6.07, 6.45) is 1.08. The van der Waals surface area contributed by atoms with Gasteiger partial charge in [-0.05, 0) is 43.9 Å². The third kappa shape index (κ3) is 4.79. The Balaban J connectivity index is 1.87. The van der Waals surface area contributed by atoms with Gasteiger partial charge in [0.15, 0.2) is 0 Å². The second kappa shape index (κ2) is 8.72. The number of amides is 1. The summed E-state index contributed by atoms with van der Waals surface area (Å²) in [7, 11) is 0. The van der Waals surface area contributed by atoms with Crippen LogP contribution in [0.25, 0.3) is 0 Å². The van der Waals surface area contributed by atoms with Crippen LogP contribution in [0.3, 0.4) is 0 Å². The Hall–Kier alpha value is -2.11. The summed E-state index contributed by atoms with van der Waals surface area (Å²) in [6, 6.07) is 13.2. The number of hydrogen-bond acceptors (Lipinski definition) is 3. The largest absolute Gasteiger partial charge is 0.474 e. The highest BCUT2D eigenvalue weighted by molar-refractivity contribution is 6.32. The molecule has 0 aliphatic carbocycles. The molecule has 1 aliphatic heterocycles. The van der Waals surface area contributed by atoms with Crippen molar-refractivity contribution in [1.29, 1.82) is 0 Å². The zero-order chi connectivity index (χ0) is 19.4. The molecule has 144 valence electrons. The normalized spacial score (nSPS) is 19.4. The first-order valence-corrected chi connectivity index (χ1v) is 9.54. The second-order valence-electron chi connectivity index (χ2n) is 7.03. The lowest BCUT2D eigenvalue weighted by Crippen LogP contribution is -2.47. The number of nitrogens with two attached hydrogens (primary N) is 1. The van der Waals surface area contributed by atoms with Gasteiger partial charge in [0.05, 0.1) is 5.02 Å². The van der Waals surface area contributed by atoms with Crippen molar-refractivity contribution in [3.05, 3.63) is 64.9 Å². The van der Waals surface area contributed by atoms with Crippen LogP contribution in [0.4, 0.5) is 4.39 Å². The van der Waals surface area contributed by atoms with Crippen LogP contribution in [0.1, 0.15) is 31.4 Å². The molecule has 1 heterocycles. The summed E-state index contributed by atoms with van der Waals surface area (Å²) in [6.45, 7) is 3.26. The Kier molecular flexibility index (Phi) is 6.34. The first kappa shape index (κ1) is 19.6. The molecule has 0 spiro atoms. The maximum absolute atomic E-state index is 13.3. The van der Waals surface area contributed by atoms with Gasteiger partial charge in [-0.2, -0.15) is 0 Å². The number of benzene rings is 2. The molecule has 1 amide bonds. The number of hydrogen-bond donors (Lipinski definition) is 1. The van der Waals surface area contributed by atoms with E-state index in [-0.39, 0.29) is 28.6 Å². The van der Waals surface area contributed by atoms with Gasteiger partial charge in [0, 0.05) is 24.7 Å². The van der Waals surface area contributed by atoms with E-state index in [2.05, 4.69) is 0 Å². The standard InChI is InChI=1S/C21H24ClFN2O2/c1-14(24)16-8-5-11-25(13-16)21(26)20(15-6-3-2-4-7-15)27-19-10-9-17(23)12-18(19)22/h2-4,6-7,9-10,12,14,16,20H,5,8,11,13,24H2,1H3. The average molecular weight is 391 g/mol. The minimum absolute atomic E-state index is 0.0308. The van der Waals surface area contributed by atoms with Crippen LogP contribution in [0.15, 0.2) is 48.5 Å². The molecule has 3 atom stereocenters. The van der Waals surface area contributed by atoms with Gasteiger partial charge < -0.3 is 15.4 Å². The molecule has 1 saturated heterocycles. The quantitative estimate of drug-likeness (QED) is 0.833. The highest BCUT2D eigenvalue weighted by Gasteiger charge is 2.32. The van der Waals surface area contributed by atoms with Gasteiger partial charge in [0.25, 0.3) is 5.91 Å². The summed E-state index contributed by atoms with van der Waals surface area (Å²) in [5.74, 6) is -0.0350. The number of nitrogens with zero attached hydrogens (tertiary/aromatic N) is 1. The summed E-state index contributed by atoms with van der Waals surface area (Å²) in [4.78, 5) is 15.1. The Morgan fingerprint density at radius 1 is 1.30 bits per heavy atom. The van der Waals surface area contributed by atoms with Gasteiger partial charge in [-0.3, -0.25) is 4.79 Å². The SMILES string of the molecule is CC(N)C1CCCN(C(=O)C(Oc2ccc(F)cc2Cl)c2ccccc2)C1. The molecule has 2 N–H and O–H groups in total. The predicted molar refractivity (Wildman–Crippen MR) is 104 cm³/mol.